The average molecular weight is 237 g/mol. The Labute approximate surface area is 100 Å². The number of nitrogens with one attached hydrogen (secondary N) is 1. The largest absolute Gasteiger partial charge is 0.365 e. The summed E-state index contributed by atoms with van der Waals surface area (Å²) in [6.07, 6.45) is 2.29. The second-order valence-corrected chi connectivity index (χ2v) is 4.78. The molecule has 3 nitrogen and oxygen atoms in total. The van der Waals surface area contributed by atoms with Gasteiger partial charge in [0.25, 0.3) is 5.91 Å². The second-order valence-electron chi connectivity index (χ2n) is 4.78. The Bertz CT molecular complexity index is 400. The van der Waals surface area contributed by atoms with Crippen molar-refractivity contribution >= 4 is 5.91 Å². The van der Waals surface area contributed by atoms with Gasteiger partial charge in [0, 0.05) is 18.4 Å². The fourth-order valence-corrected chi connectivity index (χ4v) is 2.13. The van der Waals surface area contributed by atoms with Gasteiger partial charge in [0.1, 0.15) is 12.4 Å². The number of quaternary nitrogens is 1. The Balaban J connectivity index is 2.07. The molecule has 1 aromatic rings. The average Bonchev–Trinajstić information content (AvgIpc) is 3.11. The Morgan fingerprint density at radius 1 is 1.47 bits per heavy atom. The predicted molar refractivity (Wildman–Crippen MR) is 62.7 cm³/mol. The van der Waals surface area contributed by atoms with Gasteiger partial charge in [0.2, 0.25) is 0 Å². The summed E-state index contributed by atoms with van der Waals surface area (Å²) in [4.78, 5) is 12.5. The van der Waals surface area contributed by atoms with Gasteiger partial charge in [-0.15, -0.1) is 0 Å². The van der Waals surface area contributed by atoms with E-state index in [-0.39, 0.29) is 17.8 Å². The van der Waals surface area contributed by atoms with Gasteiger partial charge in [-0.1, -0.05) is 12.1 Å². The van der Waals surface area contributed by atoms with Crippen LogP contribution in [0.4, 0.5) is 4.39 Å². The predicted octanol–water partition coefficient (Wildman–Crippen LogP) is 0.247. The number of rotatable bonds is 5. The summed E-state index contributed by atoms with van der Waals surface area (Å²) in [6.45, 7) is 2.59. The molecule has 1 unspecified atom stereocenters. The maximum absolute atomic E-state index is 12.8. The quantitative estimate of drug-likeness (QED) is 0.757. The van der Waals surface area contributed by atoms with Crippen LogP contribution in [0.3, 0.4) is 0 Å². The van der Waals surface area contributed by atoms with Crippen LogP contribution >= 0.6 is 0 Å². The van der Waals surface area contributed by atoms with Crippen LogP contribution in [0.15, 0.2) is 24.3 Å². The number of benzene rings is 1. The maximum Gasteiger partial charge on any atom is 0.275 e. The first-order valence-electron chi connectivity index (χ1n) is 5.97. The number of carbonyl (C=O) groups excluding carboxylic acids is 1. The fraction of sp³-hybridized carbons (Fsp3) is 0.462. The number of amides is 1. The Kier molecular flexibility index (Phi) is 3.43. The minimum Gasteiger partial charge on any atom is -0.365 e. The van der Waals surface area contributed by atoms with Crippen molar-refractivity contribution in [1.82, 2.24) is 0 Å². The third-order valence-electron chi connectivity index (χ3n) is 3.41. The molecule has 1 fully saturated rings. The summed E-state index contributed by atoms with van der Waals surface area (Å²) in [5.41, 5.74) is 6.40. The highest BCUT2D eigenvalue weighted by Crippen LogP contribution is 2.16. The summed E-state index contributed by atoms with van der Waals surface area (Å²) < 4.78 is 12.8. The van der Waals surface area contributed by atoms with E-state index in [9.17, 15) is 9.18 Å². The molecule has 1 saturated carbocycles. The van der Waals surface area contributed by atoms with Crippen molar-refractivity contribution in [1.29, 1.82) is 0 Å². The van der Waals surface area contributed by atoms with Gasteiger partial charge in [-0.25, -0.2) is 4.39 Å². The van der Waals surface area contributed by atoms with E-state index in [4.69, 9.17) is 5.73 Å². The van der Waals surface area contributed by atoms with E-state index in [1.54, 1.807) is 12.1 Å². The summed E-state index contributed by atoms with van der Waals surface area (Å²) in [5, 5.41) is 0. The number of hydrogen-bond acceptors (Lipinski definition) is 1. The van der Waals surface area contributed by atoms with E-state index < -0.39 is 0 Å². The molecule has 1 amide bonds. The lowest BCUT2D eigenvalue weighted by molar-refractivity contribution is -0.938. The molecule has 17 heavy (non-hydrogen) atoms. The van der Waals surface area contributed by atoms with Gasteiger partial charge >= 0.3 is 0 Å². The highest BCUT2D eigenvalue weighted by atomic mass is 19.1. The number of carbonyl (C=O) groups is 1. The normalized spacial score (nSPS) is 18.7. The van der Waals surface area contributed by atoms with E-state index in [0.29, 0.717) is 6.04 Å². The third kappa shape index (κ3) is 3.03. The molecule has 92 valence electrons. The van der Waals surface area contributed by atoms with Gasteiger partial charge in [-0.3, -0.25) is 4.79 Å². The van der Waals surface area contributed by atoms with Crippen molar-refractivity contribution in [2.45, 2.75) is 38.4 Å². The van der Waals surface area contributed by atoms with Crippen LogP contribution in [0, 0.1) is 5.82 Å². The molecule has 0 saturated heterocycles. The minimum absolute atomic E-state index is 0.187. The molecule has 0 radical (unpaired) electrons. The molecule has 4 heteroatoms. The first kappa shape index (κ1) is 12.0. The van der Waals surface area contributed by atoms with E-state index >= 15 is 0 Å². The fourth-order valence-electron chi connectivity index (χ4n) is 2.13. The number of nitrogens with two attached hydrogens (primary N) is 1. The molecule has 0 aromatic heterocycles. The van der Waals surface area contributed by atoms with Crippen molar-refractivity contribution < 1.29 is 14.1 Å². The molecule has 0 bridgehead atoms. The SMILES string of the molecule is C[C@H](C(N)=O)[NH+](Cc1ccc(F)cc1)C1CC1. The van der Waals surface area contributed by atoms with Gasteiger partial charge in [0.15, 0.2) is 6.04 Å². The molecule has 1 aromatic carbocycles. The van der Waals surface area contributed by atoms with Gasteiger partial charge < -0.3 is 10.6 Å². The molecular formula is C13H18FN2O+. The van der Waals surface area contributed by atoms with Crippen LogP contribution in [0.1, 0.15) is 25.3 Å². The lowest BCUT2D eigenvalue weighted by Crippen LogP contribution is -3.16. The number of primary amides is 1. The minimum atomic E-state index is -0.269. The van der Waals surface area contributed by atoms with Crippen LogP contribution < -0.4 is 10.6 Å². The smallest absolute Gasteiger partial charge is 0.275 e. The molecule has 1 aliphatic carbocycles. The van der Waals surface area contributed by atoms with Gasteiger partial charge in [-0.2, -0.15) is 0 Å². The molecule has 2 rings (SSSR count). The topological polar surface area (TPSA) is 47.5 Å². The monoisotopic (exact) mass is 237 g/mol. The molecule has 1 aliphatic rings. The van der Waals surface area contributed by atoms with Crippen molar-refractivity contribution in [2.24, 2.45) is 5.73 Å². The first-order chi connectivity index (χ1) is 8.08. The van der Waals surface area contributed by atoms with Crippen molar-refractivity contribution in [3.8, 4) is 0 Å². The van der Waals surface area contributed by atoms with E-state index in [1.165, 1.54) is 17.0 Å². The zero-order valence-electron chi connectivity index (χ0n) is 9.95. The summed E-state index contributed by atoms with van der Waals surface area (Å²) in [6, 6.07) is 6.79. The van der Waals surface area contributed by atoms with E-state index in [0.717, 1.165) is 24.9 Å². The van der Waals surface area contributed by atoms with Crippen LogP contribution in [-0.4, -0.2) is 18.0 Å². The van der Waals surface area contributed by atoms with E-state index in [1.807, 2.05) is 6.92 Å². The van der Waals surface area contributed by atoms with Crippen molar-refractivity contribution in [2.75, 3.05) is 0 Å². The summed E-state index contributed by atoms with van der Waals surface area (Å²) >= 11 is 0. The van der Waals surface area contributed by atoms with Gasteiger partial charge in [0.05, 0.1) is 6.04 Å². The van der Waals surface area contributed by atoms with Crippen molar-refractivity contribution in [3.05, 3.63) is 35.6 Å². The van der Waals surface area contributed by atoms with E-state index in [2.05, 4.69) is 0 Å². The van der Waals surface area contributed by atoms with Crippen LogP contribution in [0.25, 0.3) is 0 Å². The summed E-state index contributed by atoms with van der Waals surface area (Å²) in [5.74, 6) is -0.501. The maximum atomic E-state index is 12.8. The summed E-state index contributed by atoms with van der Waals surface area (Å²) in [7, 11) is 0. The molecule has 2 atom stereocenters. The second kappa shape index (κ2) is 4.84. The van der Waals surface area contributed by atoms with Crippen LogP contribution in [0.5, 0.6) is 0 Å². The highest BCUT2D eigenvalue weighted by molar-refractivity contribution is 5.77. The zero-order valence-corrected chi connectivity index (χ0v) is 9.95. The van der Waals surface area contributed by atoms with Crippen molar-refractivity contribution in [3.63, 3.8) is 0 Å². The Morgan fingerprint density at radius 3 is 2.53 bits per heavy atom. The Hall–Kier alpha value is -1.42. The molecule has 3 N–H and O–H groups in total. The Morgan fingerprint density at radius 2 is 2.06 bits per heavy atom. The lowest BCUT2D eigenvalue weighted by Gasteiger charge is -2.23. The first-order valence-corrected chi connectivity index (χ1v) is 5.97. The molecule has 0 heterocycles. The number of hydrogen-bond donors (Lipinski definition) is 2. The molecule has 0 aliphatic heterocycles. The molecule has 0 spiro atoms. The van der Waals surface area contributed by atoms with Crippen LogP contribution in [0.2, 0.25) is 0 Å². The molecular weight excluding hydrogens is 219 g/mol. The standard InChI is InChI=1S/C13H17FN2O/c1-9(13(15)17)16(12-6-7-12)8-10-2-4-11(14)5-3-10/h2-5,9,12H,6-8H2,1H3,(H2,15,17)/p+1/t9-/m1/s1. The third-order valence-corrected chi connectivity index (χ3v) is 3.41. The van der Waals surface area contributed by atoms with Gasteiger partial charge in [-0.05, 0) is 19.1 Å². The highest BCUT2D eigenvalue weighted by Gasteiger charge is 2.38. The number of halogens is 1. The van der Waals surface area contributed by atoms with Crippen LogP contribution in [-0.2, 0) is 11.3 Å². The lowest BCUT2D eigenvalue weighted by atomic mass is 10.1. The zero-order chi connectivity index (χ0) is 12.4.